The normalized spacial score (nSPS) is 11.6. The molecule has 0 heterocycles. The Bertz CT molecular complexity index is 516. The summed E-state index contributed by atoms with van der Waals surface area (Å²) in [5.41, 5.74) is 0.151. The van der Waals surface area contributed by atoms with Crippen LogP contribution in [0.25, 0.3) is 0 Å². The number of rotatable bonds is 7. The van der Waals surface area contributed by atoms with Gasteiger partial charge in [-0.15, -0.1) is 0 Å². The van der Waals surface area contributed by atoms with Crippen molar-refractivity contribution in [1.29, 1.82) is 0 Å². The molecule has 0 saturated carbocycles. The largest absolute Gasteiger partial charge is 0.316 e. The van der Waals surface area contributed by atoms with E-state index in [1.807, 2.05) is 6.92 Å². The van der Waals surface area contributed by atoms with Crippen molar-refractivity contribution in [2.75, 3.05) is 23.6 Å². The van der Waals surface area contributed by atoms with E-state index in [0.717, 1.165) is 25.1 Å². The second-order valence-corrected chi connectivity index (χ2v) is 7.02. The zero-order valence-electron chi connectivity index (χ0n) is 10.3. The first-order valence-electron chi connectivity index (χ1n) is 5.71. The fourth-order valence-electron chi connectivity index (χ4n) is 1.35. The first kappa shape index (κ1) is 16.7. The van der Waals surface area contributed by atoms with Crippen LogP contribution in [-0.4, -0.2) is 27.3 Å². The molecule has 0 aliphatic heterocycles. The number of halogens is 3. The maximum Gasteiger partial charge on any atom is 0.234 e. The van der Waals surface area contributed by atoms with Crippen LogP contribution >= 0.6 is 27.5 Å². The average molecular weight is 374 g/mol. The number of benzene rings is 1. The molecule has 1 rings (SSSR count). The van der Waals surface area contributed by atoms with Gasteiger partial charge in [0.15, 0.2) is 0 Å². The highest BCUT2D eigenvalue weighted by Crippen LogP contribution is 2.32. The van der Waals surface area contributed by atoms with Crippen LogP contribution in [0.5, 0.6) is 0 Å². The summed E-state index contributed by atoms with van der Waals surface area (Å²) in [7, 11) is -3.52. The summed E-state index contributed by atoms with van der Waals surface area (Å²) in [6.07, 6.45) is 0.933. The third-order valence-corrected chi connectivity index (χ3v) is 4.42. The van der Waals surface area contributed by atoms with E-state index in [9.17, 15) is 12.8 Å². The van der Waals surface area contributed by atoms with Crippen LogP contribution in [0, 0.1) is 5.82 Å². The molecular formula is C11H15BrClFN2O2S. The summed E-state index contributed by atoms with van der Waals surface area (Å²) in [5.74, 6) is -0.614. The molecule has 8 heteroatoms. The van der Waals surface area contributed by atoms with Crippen molar-refractivity contribution in [2.24, 2.45) is 0 Å². The first-order valence-corrected chi connectivity index (χ1v) is 8.54. The summed E-state index contributed by atoms with van der Waals surface area (Å²) in [6.45, 7) is 3.10. The third kappa shape index (κ3) is 5.64. The molecule has 108 valence electrons. The molecule has 0 aliphatic carbocycles. The van der Waals surface area contributed by atoms with E-state index < -0.39 is 15.8 Å². The fraction of sp³-hybridized carbons (Fsp3) is 0.455. The smallest absolute Gasteiger partial charge is 0.234 e. The molecule has 0 spiro atoms. The van der Waals surface area contributed by atoms with Gasteiger partial charge >= 0.3 is 0 Å². The van der Waals surface area contributed by atoms with E-state index in [4.69, 9.17) is 11.6 Å². The molecular weight excluding hydrogens is 359 g/mol. The highest BCUT2D eigenvalue weighted by molar-refractivity contribution is 9.10. The molecule has 4 nitrogen and oxygen atoms in total. The summed E-state index contributed by atoms with van der Waals surface area (Å²) >= 11 is 8.89. The van der Waals surface area contributed by atoms with Gasteiger partial charge in [-0.05, 0) is 41.0 Å². The van der Waals surface area contributed by atoms with E-state index in [2.05, 4.69) is 26.0 Å². The minimum atomic E-state index is -3.52. The van der Waals surface area contributed by atoms with Gasteiger partial charge < -0.3 is 5.32 Å². The molecule has 1 aromatic carbocycles. The lowest BCUT2D eigenvalue weighted by molar-refractivity contribution is 0.595. The van der Waals surface area contributed by atoms with Crippen LogP contribution in [0.1, 0.15) is 13.3 Å². The summed E-state index contributed by atoms with van der Waals surface area (Å²) in [4.78, 5) is 0. The summed E-state index contributed by atoms with van der Waals surface area (Å²) in [6, 6.07) is 2.21. The Balaban J connectivity index is 2.73. The fourth-order valence-corrected chi connectivity index (χ4v) is 3.49. The van der Waals surface area contributed by atoms with E-state index >= 15 is 0 Å². The Morgan fingerprint density at radius 1 is 1.37 bits per heavy atom. The quantitative estimate of drug-likeness (QED) is 0.722. The van der Waals surface area contributed by atoms with Crippen LogP contribution in [0.15, 0.2) is 16.6 Å². The van der Waals surface area contributed by atoms with Gasteiger partial charge in [0, 0.05) is 11.0 Å². The minimum Gasteiger partial charge on any atom is -0.316 e. The number of sulfonamides is 1. The second kappa shape index (κ2) is 7.42. The van der Waals surface area contributed by atoms with Crippen LogP contribution < -0.4 is 10.0 Å². The molecule has 0 atom stereocenters. The Kier molecular flexibility index (Phi) is 6.52. The minimum absolute atomic E-state index is 0.0111. The molecule has 0 aliphatic rings. The SMILES string of the molecule is CCCNCCS(=O)(=O)Nc1c(Cl)cc(F)cc1Br. The van der Waals surface area contributed by atoms with Crippen LogP contribution in [0.2, 0.25) is 5.02 Å². The summed E-state index contributed by atoms with van der Waals surface area (Å²) in [5, 5.41) is 3.00. The molecule has 0 radical (unpaired) electrons. The van der Waals surface area contributed by atoms with Gasteiger partial charge in [-0.1, -0.05) is 18.5 Å². The lowest BCUT2D eigenvalue weighted by Gasteiger charge is -2.11. The molecule has 0 bridgehead atoms. The van der Waals surface area contributed by atoms with Gasteiger partial charge in [0.2, 0.25) is 10.0 Å². The van der Waals surface area contributed by atoms with Gasteiger partial charge in [0.1, 0.15) is 5.82 Å². The van der Waals surface area contributed by atoms with Gasteiger partial charge in [0.25, 0.3) is 0 Å². The third-order valence-electron chi connectivity index (χ3n) is 2.24. The van der Waals surface area contributed by atoms with E-state index in [1.165, 1.54) is 0 Å². The van der Waals surface area contributed by atoms with Gasteiger partial charge in [0.05, 0.1) is 16.5 Å². The molecule has 0 aromatic heterocycles. The predicted octanol–water partition coefficient (Wildman–Crippen LogP) is 2.98. The van der Waals surface area contributed by atoms with Crippen LogP contribution in [0.4, 0.5) is 10.1 Å². The van der Waals surface area contributed by atoms with Crippen molar-refractivity contribution in [1.82, 2.24) is 5.32 Å². The maximum atomic E-state index is 13.0. The number of nitrogens with one attached hydrogen (secondary N) is 2. The van der Waals surface area contributed by atoms with Gasteiger partial charge in [-0.2, -0.15) is 0 Å². The predicted molar refractivity (Wildman–Crippen MR) is 79.7 cm³/mol. The van der Waals surface area contributed by atoms with Crippen molar-refractivity contribution in [3.63, 3.8) is 0 Å². The Hall–Kier alpha value is -0.370. The lowest BCUT2D eigenvalue weighted by atomic mass is 10.3. The first-order chi connectivity index (χ1) is 8.85. The van der Waals surface area contributed by atoms with Crippen molar-refractivity contribution in [2.45, 2.75) is 13.3 Å². The highest BCUT2D eigenvalue weighted by Gasteiger charge is 2.15. The second-order valence-electron chi connectivity index (χ2n) is 3.92. The van der Waals surface area contributed by atoms with Gasteiger partial charge in [-0.3, -0.25) is 4.72 Å². The van der Waals surface area contributed by atoms with Crippen LogP contribution in [-0.2, 0) is 10.0 Å². The lowest BCUT2D eigenvalue weighted by Crippen LogP contribution is -2.27. The maximum absolute atomic E-state index is 13.0. The van der Waals surface area contributed by atoms with Crippen molar-refractivity contribution >= 4 is 43.2 Å². The zero-order chi connectivity index (χ0) is 14.5. The molecule has 19 heavy (non-hydrogen) atoms. The molecule has 1 aromatic rings. The number of anilines is 1. The van der Waals surface area contributed by atoms with Gasteiger partial charge in [-0.25, -0.2) is 12.8 Å². The van der Waals surface area contributed by atoms with Crippen molar-refractivity contribution in [3.05, 3.63) is 27.4 Å². The topological polar surface area (TPSA) is 58.2 Å². The molecule has 0 amide bonds. The molecule has 2 N–H and O–H groups in total. The standard InChI is InChI=1S/C11H15BrClFN2O2S/c1-2-3-15-4-5-19(17,18)16-11-9(12)6-8(14)7-10(11)13/h6-7,15-16H,2-5H2,1H3. The number of hydrogen-bond donors (Lipinski definition) is 2. The number of hydrogen-bond acceptors (Lipinski definition) is 3. The zero-order valence-corrected chi connectivity index (χ0v) is 13.5. The Labute approximate surface area is 125 Å². The van der Waals surface area contributed by atoms with E-state index in [1.54, 1.807) is 0 Å². The monoisotopic (exact) mass is 372 g/mol. The highest BCUT2D eigenvalue weighted by atomic mass is 79.9. The molecule has 0 unspecified atom stereocenters. The van der Waals surface area contributed by atoms with Crippen LogP contribution in [0.3, 0.4) is 0 Å². The molecule has 0 fully saturated rings. The molecule has 0 saturated heterocycles. The van der Waals surface area contributed by atoms with E-state index in [-0.39, 0.29) is 20.9 Å². The Morgan fingerprint density at radius 3 is 2.63 bits per heavy atom. The summed E-state index contributed by atoms with van der Waals surface area (Å²) < 4.78 is 39.3. The van der Waals surface area contributed by atoms with Crippen molar-refractivity contribution < 1.29 is 12.8 Å². The Morgan fingerprint density at radius 2 is 2.05 bits per heavy atom. The van der Waals surface area contributed by atoms with Crippen molar-refractivity contribution in [3.8, 4) is 0 Å². The average Bonchev–Trinajstić information content (AvgIpc) is 2.29. The van der Waals surface area contributed by atoms with E-state index in [0.29, 0.717) is 6.54 Å².